The molecule has 2 aromatic rings. The van der Waals surface area contributed by atoms with Gasteiger partial charge in [-0.25, -0.2) is 0 Å². The molecule has 0 amide bonds. The van der Waals surface area contributed by atoms with Gasteiger partial charge >= 0.3 is 0 Å². The summed E-state index contributed by atoms with van der Waals surface area (Å²) < 4.78 is 0. The van der Waals surface area contributed by atoms with E-state index in [0.29, 0.717) is 0 Å². The highest BCUT2D eigenvalue weighted by molar-refractivity contribution is 5.67. The second-order valence-electron chi connectivity index (χ2n) is 5.11. The monoisotopic (exact) mass is 253 g/mol. The Balaban J connectivity index is 1.95. The molecule has 0 saturated carbocycles. The van der Waals surface area contributed by atoms with Crippen LogP contribution in [0.15, 0.2) is 42.6 Å². The van der Waals surface area contributed by atoms with E-state index in [2.05, 4.69) is 40.2 Å². The maximum Gasteiger partial charge on any atom is 0.0597 e. The Kier molecular flexibility index (Phi) is 3.22. The number of aromatic nitrogens is 1. The lowest BCUT2D eigenvalue weighted by atomic mass is 10.0. The molecule has 0 fully saturated rings. The van der Waals surface area contributed by atoms with Gasteiger partial charge in [0.1, 0.15) is 0 Å². The number of nitrogens with zero attached hydrogens (tertiary/aromatic N) is 2. The largest absolute Gasteiger partial charge is 0.340 e. The summed E-state index contributed by atoms with van der Waals surface area (Å²) in [7, 11) is 0. The third kappa shape index (κ3) is 2.34. The summed E-state index contributed by atoms with van der Waals surface area (Å²) in [6, 6.07) is 12.7. The summed E-state index contributed by atoms with van der Waals surface area (Å²) in [5.41, 5.74) is 10.7. The Labute approximate surface area is 114 Å². The number of benzene rings is 1. The fourth-order valence-corrected chi connectivity index (χ4v) is 2.63. The van der Waals surface area contributed by atoms with Crippen LogP contribution in [-0.4, -0.2) is 11.5 Å². The van der Waals surface area contributed by atoms with Crippen LogP contribution in [-0.2, 0) is 6.42 Å². The SMILES string of the molecule is CC(N)c1ccc(N2CCCc3ccccc32)cn1. The zero-order valence-corrected chi connectivity index (χ0v) is 11.2. The zero-order chi connectivity index (χ0) is 13.2. The molecule has 0 saturated heterocycles. The second-order valence-corrected chi connectivity index (χ2v) is 5.11. The van der Waals surface area contributed by atoms with E-state index < -0.39 is 0 Å². The molecule has 1 aliphatic rings. The first-order chi connectivity index (χ1) is 9.25. The summed E-state index contributed by atoms with van der Waals surface area (Å²) >= 11 is 0. The number of para-hydroxylation sites is 1. The van der Waals surface area contributed by atoms with Crippen LogP contribution in [0.1, 0.15) is 30.6 Å². The third-order valence-corrected chi connectivity index (χ3v) is 3.66. The van der Waals surface area contributed by atoms with Crippen LogP contribution in [0.5, 0.6) is 0 Å². The predicted octanol–water partition coefficient (Wildman–Crippen LogP) is 3.19. The van der Waals surface area contributed by atoms with Crippen molar-refractivity contribution in [3.8, 4) is 0 Å². The van der Waals surface area contributed by atoms with E-state index in [4.69, 9.17) is 5.73 Å². The minimum absolute atomic E-state index is 0.0114. The van der Waals surface area contributed by atoms with E-state index in [9.17, 15) is 0 Å². The van der Waals surface area contributed by atoms with Crippen molar-refractivity contribution in [2.45, 2.75) is 25.8 Å². The van der Waals surface area contributed by atoms with Gasteiger partial charge in [0.15, 0.2) is 0 Å². The van der Waals surface area contributed by atoms with Crippen molar-refractivity contribution in [3.63, 3.8) is 0 Å². The smallest absolute Gasteiger partial charge is 0.0597 e. The van der Waals surface area contributed by atoms with Gasteiger partial charge in [-0.05, 0) is 43.5 Å². The molecule has 3 nitrogen and oxygen atoms in total. The van der Waals surface area contributed by atoms with Crippen molar-refractivity contribution in [1.29, 1.82) is 0 Å². The van der Waals surface area contributed by atoms with Gasteiger partial charge in [0.05, 0.1) is 17.6 Å². The molecule has 19 heavy (non-hydrogen) atoms. The van der Waals surface area contributed by atoms with Gasteiger partial charge in [-0.3, -0.25) is 4.98 Å². The highest BCUT2D eigenvalue weighted by Crippen LogP contribution is 2.32. The molecule has 0 radical (unpaired) electrons. The molecule has 2 heterocycles. The molecular formula is C16H19N3. The van der Waals surface area contributed by atoms with Crippen LogP contribution in [0.4, 0.5) is 11.4 Å². The van der Waals surface area contributed by atoms with Crippen LogP contribution >= 0.6 is 0 Å². The number of rotatable bonds is 2. The quantitative estimate of drug-likeness (QED) is 0.893. The van der Waals surface area contributed by atoms with Crippen molar-refractivity contribution >= 4 is 11.4 Å². The molecule has 0 spiro atoms. The Bertz CT molecular complexity index is 560. The molecule has 1 aliphatic heterocycles. The van der Waals surface area contributed by atoms with E-state index in [1.54, 1.807) is 0 Å². The molecule has 3 heteroatoms. The van der Waals surface area contributed by atoms with E-state index >= 15 is 0 Å². The van der Waals surface area contributed by atoms with E-state index in [-0.39, 0.29) is 6.04 Å². The maximum absolute atomic E-state index is 5.84. The Morgan fingerprint density at radius 1 is 1.21 bits per heavy atom. The highest BCUT2D eigenvalue weighted by Gasteiger charge is 2.17. The summed E-state index contributed by atoms with van der Waals surface area (Å²) in [5.74, 6) is 0. The van der Waals surface area contributed by atoms with E-state index in [1.807, 2.05) is 19.2 Å². The van der Waals surface area contributed by atoms with Gasteiger partial charge in [-0.1, -0.05) is 18.2 Å². The normalized spacial score (nSPS) is 16.0. The van der Waals surface area contributed by atoms with Gasteiger partial charge in [0.25, 0.3) is 0 Å². The molecule has 1 atom stereocenters. The van der Waals surface area contributed by atoms with Crippen molar-refractivity contribution in [1.82, 2.24) is 4.98 Å². The molecule has 1 aromatic heterocycles. The number of nitrogens with two attached hydrogens (primary N) is 1. The first-order valence-corrected chi connectivity index (χ1v) is 6.82. The fraction of sp³-hybridized carbons (Fsp3) is 0.312. The Morgan fingerprint density at radius 2 is 2.05 bits per heavy atom. The van der Waals surface area contributed by atoms with Crippen LogP contribution in [0.3, 0.4) is 0 Å². The van der Waals surface area contributed by atoms with E-state index in [0.717, 1.165) is 24.3 Å². The number of hydrogen-bond acceptors (Lipinski definition) is 3. The van der Waals surface area contributed by atoms with Gasteiger partial charge in [0, 0.05) is 18.3 Å². The number of fused-ring (bicyclic) bond motifs is 1. The number of hydrogen-bond donors (Lipinski definition) is 1. The lowest BCUT2D eigenvalue weighted by molar-refractivity contribution is 0.758. The highest BCUT2D eigenvalue weighted by atomic mass is 15.1. The van der Waals surface area contributed by atoms with Crippen LogP contribution in [0.2, 0.25) is 0 Å². The summed E-state index contributed by atoms with van der Waals surface area (Å²) in [5, 5.41) is 0. The number of pyridine rings is 1. The first kappa shape index (κ1) is 12.2. The molecule has 1 unspecified atom stereocenters. The average molecular weight is 253 g/mol. The zero-order valence-electron chi connectivity index (χ0n) is 11.2. The van der Waals surface area contributed by atoms with Gasteiger partial charge in [0.2, 0.25) is 0 Å². The predicted molar refractivity (Wildman–Crippen MR) is 78.6 cm³/mol. The minimum atomic E-state index is -0.0114. The second kappa shape index (κ2) is 5.02. The standard InChI is InChI=1S/C16H19N3/c1-12(17)15-9-8-14(11-18-15)19-10-4-6-13-5-2-3-7-16(13)19/h2-3,5,7-9,11-12H,4,6,10,17H2,1H3. The van der Waals surface area contributed by atoms with Crippen molar-refractivity contribution in [3.05, 3.63) is 53.9 Å². The van der Waals surface area contributed by atoms with Crippen molar-refractivity contribution in [2.75, 3.05) is 11.4 Å². The van der Waals surface area contributed by atoms with Crippen LogP contribution < -0.4 is 10.6 Å². The molecule has 2 N–H and O–H groups in total. The average Bonchev–Trinajstić information content (AvgIpc) is 2.47. The van der Waals surface area contributed by atoms with Crippen LogP contribution in [0.25, 0.3) is 0 Å². The molecule has 0 bridgehead atoms. The Morgan fingerprint density at radius 3 is 2.79 bits per heavy atom. The topological polar surface area (TPSA) is 42.1 Å². The lowest BCUT2D eigenvalue weighted by Crippen LogP contribution is -2.24. The minimum Gasteiger partial charge on any atom is -0.340 e. The molecule has 98 valence electrons. The maximum atomic E-state index is 5.84. The molecule has 3 rings (SSSR count). The van der Waals surface area contributed by atoms with E-state index in [1.165, 1.54) is 17.7 Å². The third-order valence-electron chi connectivity index (χ3n) is 3.66. The van der Waals surface area contributed by atoms with Gasteiger partial charge < -0.3 is 10.6 Å². The number of anilines is 2. The summed E-state index contributed by atoms with van der Waals surface area (Å²) in [4.78, 5) is 6.80. The first-order valence-electron chi connectivity index (χ1n) is 6.82. The Hall–Kier alpha value is -1.87. The van der Waals surface area contributed by atoms with Crippen molar-refractivity contribution < 1.29 is 0 Å². The molecule has 1 aromatic carbocycles. The van der Waals surface area contributed by atoms with Gasteiger partial charge in [-0.15, -0.1) is 0 Å². The summed E-state index contributed by atoms with van der Waals surface area (Å²) in [6.07, 6.45) is 4.28. The van der Waals surface area contributed by atoms with Crippen LogP contribution in [0, 0.1) is 0 Å². The van der Waals surface area contributed by atoms with Gasteiger partial charge in [-0.2, -0.15) is 0 Å². The fourth-order valence-electron chi connectivity index (χ4n) is 2.63. The molecular weight excluding hydrogens is 234 g/mol. The van der Waals surface area contributed by atoms with Crippen molar-refractivity contribution in [2.24, 2.45) is 5.73 Å². The summed E-state index contributed by atoms with van der Waals surface area (Å²) in [6.45, 7) is 3.01. The molecule has 0 aliphatic carbocycles. The number of aryl methyl sites for hydroxylation is 1. The lowest BCUT2D eigenvalue weighted by Gasteiger charge is -2.31.